The van der Waals surface area contributed by atoms with E-state index in [1.807, 2.05) is 0 Å². The Morgan fingerprint density at radius 1 is 1.15 bits per heavy atom. The lowest BCUT2D eigenvalue weighted by molar-refractivity contribution is -0.116. The summed E-state index contributed by atoms with van der Waals surface area (Å²) in [6, 6.07) is 0.430. The van der Waals surface area contributed by atoms with E-state index in [1.165, 1.54) is 12.8 Å². The maximum absolute atomic E-state index is 5.83. The predicted octanol–water partition coefficient (Wildman–Crippen LogP) is 1.51. The van der Waals surface area contributed by atoms with Gasteiger partial charge in [0, 0.05) is 26.7 Å². The van der Waals surface area contributed by atoms with Gasteiger partial charge < -0.3 is 15.2 Å². The second-order valence-electron chi connectivity index (χ2n) is 3.92. The fourth-order valence-corrected chi connectivity index (χ4v) is 1.98. The van der Waals surface area contributed by atoms with Gasteiger partial charge in [-0.1, -0.05) is 0 Å². The van der Waals surface area contributed by atoms with Crippen molar-refractivity contribution in [2.75, 3.05) is 14.2 Å². The quantitative estimate of drug-likeness (QED) is 0.678. The van der Waals surface area contributed by atoms with Crippen molar-refractivity contribution in [1.29, 1.82) is 0 Å². The van der Waals surface area contributed by atoms with E-state index in [-0.39, 0.29) is 6.29 Å². The molecule has 13 heavy (non-hydrogen) atoms. The molecule has 0 unspecified atom stereocenters. The predicted molar refractivity (Wildman–Crippen MR) is 52.4 cm³/mol. The molecule has 0 atom stereocenters. The zero-order valence-corrected chi connectivity index (χ0v) is 8.66. The Labute approximate surface area is 80.6 Å². The van der Waals surface area contributed by atoms with Crippen LogP contribution in [0.25, 0.3) is 0 Å². The molecule has 0 aromatic rings. The summed E-state index contributed by atoms with van der Waals surface area (Å²) >= 11 is 0. The molecule has 78 valence electrons. The van der Waals surface area contributed by atoms with Crippen LogP contribution in [-0.4, -0.2) is 26.6 Å². The highest BCUT2D eigenvalue weighted by molar-refractivity contribution is 4.74. The summed E-state index contributed by atoms with van der Waals surface area (Å²) in [5.74, 6) is 0.740. The number of ether oxygens (including phenoxy) is 2. The van der Waals surface area contributed by atoms with Gasteiger partial charge in [-0.15, -0.1) is 0 Å². The summed E-state index contributed by atoms with van der Waals surface area (Å²) in [6.07, 6.45) is 5.75. The zero-order valence-electron chi connectivity index (χ0n) is 8.66. The van der Waals surface area contributed by atoms with E-state index in [2.05, 4.69) is 0 Å². The molecule has 3 heteroatoms. The van der Waals surface area contributed by atoms with E-state index < -0.39 is 0 Å². The Bertz CT molecular complexity index is 129. The molecule has 0 spiro atoms. The highest BCUT2D eigenvalue weighted by Gasteiger charge is 2.21. The maximum Gasteiger partial charge on any atom is 0.157 e. The fourth-order valence-electron chi connectivity index (χ4n) is 1.98. The van der Waals surface area contributed by atoms with Gasteiger partial charge in [-0.2, -0.15) is 0 Å². The molecule has 0 saturated heterocycles. The molecule has 1 saturated carbocycles. The molecule has 3 nitrogen and oxygen atoms in total. The first-order chi connectivity index (χ1) is 6.26. The average Bonchev–Trinajstić information content (AvgIpc) is 2.17. The third kappa shape index (κ3) is 3.63. The van der Waals surface area contributed by atoms with Crippen LogP contribution in [0.1, 0.15) is 32.1 Å². The lowest BCUT2D eigenvalue weighted by Crippen LogP contribution is -2.28. The van der Waals surface area contributed by atoms with Crippen LogP contribution in [0.2, 0.25) is 0 Å². The third-order valence-corrected chi connectivity index (χ3v) is 2.94. The lowest BCUT2D eigenvalue weighted by atomic mass is 9.84. The second kappa shape index (κ2) is 5.58. The van der Waals surface area contributed by atoms with Crippen LogP contribution in [0.3, 0.4) is 0 Å². The summed E-state index contributed by atoms with van der Waals surface area (Å²) in [7, 11) is 3.39. The minimum Gasteiger partial charge on any atom is -0.356 e. The molecule has 1 aliphatic rings. The molecule has 0 aromatic carbocycles. The van der Waals surface area contributed by atoms with E-state index in [0.717, 1.165) is 25.2 Å². The zero-order chi connectivity index (χ0) is 9.68. The van der Waals surface area contributed by atoms with Crippen molar-refractivity contribution in [3.8, 4) is 0 Å². The van der Waals surface area contributed by atoms with Crippen molar-refractivity contribution in [3.05, 3.63) is 0 Å². The molecule has 0 heterocycles. The van der Waals surface area contributed by atoms with Crippen LogP contribution in [-0.2, 0) is 9.47 Å². The number of hydrogen-bond acceptors (Lipinski definition) is 3. The standard InChI is InChI=1S/C10H21NO2/c1-12-10(13-2)7-8-3-5-9(11)6-4-8/h8-10H,3-7,11H2,1-2H3. The lowest BCUT2D eigenvalue weighted by Gasteiger charge is -2.28. The monoisotopic (exact) mass is 187 g/mol. The van der Waals surface area contributed by atoms with E-state index in [4.69, 9.17) is 15.2 Å². The van der Waals surface area contributed by atoms with Gasteiger partial charge >= 0.3 is 0 Å². The molecule has 1 aliphatic carbocycles. The van der Waals surface area contributed by atoms with Crippen molar-refractivity contribution in [2.24, 2.45) is 11.7 Å². The van der Waals surface area contributed by atoms with Crippen LogP contribution in [0.5, 0.6) is 0 Å². The Hall–Kier alpha value is -0.120. The largest absolute Gasteiger partial charge is 0.356 e. The van der Waals surface area contributed by atoms with Crippen molar-refractivity contribution in [1.82, 2.24) is 0 Å². The van der Waals surface area contributed by atoms with Crippen LogP contribution in [0, 0.1) is 5.92 Å². The van der Waals surface area contributed by atoms with Gasteiger partial charge in [0.15, 0.2) is 6.29 Å². The van der Waals surface area contributed by atoms with Gasteiger partial charge in [-0.25, -0.2) is 0 Å². The molecule has 0 radical (unpaired) electrons. The molecule has 0 aromatic heterocycles. The second-order valence-corrected chi connectivity index (χ2v) is 3.92. The first-order valence-corrected chi connectivity index (χ1v) is 5.07. The molecule has 1 rings (SSSR count). The fraction of sp³-hybridized carbons (Fsp3) is 1.00. The molecule has 0 amide bonds. The highest BCUT2D eigenvalue weighted by atomic mass is 16.7. The van der Waals surface area contributed by atoms with Crippen molar-refractivity contribution >= 4 is 0 Å². The number of hydrogen-bond donors (Lipinski definition) is 1. The SMILES string of the molecule is COC(CC1CCC(N)CC1)OC. The van der Waals surface area contributed by atoms with Gasteiger partial charge in [0.25, 0.3) is 0 Å². The van der Waals surface area contributed by atoms with Crippen LogP contribution < -0.4 is 5.73 Å². The molecular formula is C10H21NO2. The van der Waals surface area contributed by atoms with Gasteiger partial charge in [-0.3, -0.25) is 0 Å². The Balaban J connectivity index is 2.21. The summed E-state index contributed by atoms with van der Waals surface area (Å²) < 4.78 is 10.4. The first kappa shape index (κ1) is 11.0. The summed E-state index contributed by atoms with van der Waals surface area (Å²) in [6.45, 7) is 0. The van der Waals surface area contributed by atoms with Crippen molar-refractivity contribution in [2.45, 2.75) is 44.4 Å². The van der Waals surface area contributed by atoms with E-state index in [0.29, 0.717) is 6.04 Å². The summed E-state index contributed by atoms with van der Waals surface area (Å²) in [5.41, 5.74) is 5.83. The van der Waals surface area contributed by atoms with Crippen LogP contribution in [0.15, 0.2) is 0 Å². The van der Waals surface area contributed by atoms with Gasteiger partial charge in [0.05, 0.1) is 0 Å². The van der Waals surface area contributed by atoms with E-state index in [9.17, 15) is 0 Å². The van der Waals surface area contributed by atoms with Crippen LogP contribution in [0.4, 0.5) is 0 Å². The van der Waals surface area contributed by atoms with Gasteiger partial charge in [0.2, 0.25) is 0 Å². The highest BCUT2D eigenvalue weighted by Crippen LogP contribution is 2.27. The van der Waals surface area contributed by atoms with E-state index in [1.54, 1.807) is 14.2 Å². The van der Waals surface area contributed by atoms with Crippen molar-refractivity contribution < 1.29 is 9.47 Å². The average molecular weight is 187 g/mol. The minimum atomic E-state index is -0.0284. The van der Waals surface area contributed by atoms with Crippen LogP contribution >= 0.6 is 0 Å². The van der Waals surface area contributed by atoms with Crippen molar-refractivity contribution in [3.63, 3.8) is 0 Å². The summed E-state index contributed by atoms with van der Waals surface area (Å²) in [5, 5.41) is 0. The Morgan fingerprint density at radius 3 is 2.15 bits per heavy atom. The minimum absolute atomic E-state index is 0.0284. The maximum atomic E-state index is 5.83. The first-order valence-electron chi connectivity index (χ1n) is 5.07. The Morgan fingerprint density at radius 2 is 1.69 bits per heavy atom. The summed E-state index contributed by atoms with van der Waals surface area (Å²) in [4.78, 5) is 0. The van der Waals surface area contributed by atoms with E-state index >= 15 is 0 Å². The number of rotatable bonds is 4. The number of nitrogens with two attached hydrogens (primary N) is 1. The third-order valence-electron chi connectivity index (χ3n) is 2.94. The molecule has 1 fully saturated rings. The van der Waals surface area contributed by atoms with Gasteiger partial charge in [0.1, 0.15) is 0 Å². The molecule has 0 bridgehead atoms. The molecule has 0 aliphatic heterocycles. The van der Waals surface area contributed by atoms with Gasteiger partial charge in [-0.05, 0) is 31.6 Å². The molecular weight excluding hydrogens is 166 g/mol. The topological polar surface area (TPSA) is 44.5 Å². The Kier molecular flexibility index (Phi) is 4.70. The normalized spacial score (nSPS) is 29.5. The number of methoxy groups -OCH3 is 2. The smallest absolute Gasteiger partial charge is 0.157 e. The molecule has 2 N–H and O–H groups in total.